The lowest BCUT2D eigenvalue weighted by Crippen LogP contribution is -2.42. The Morgan fingerprint density at radius 3 is 2.45 bits per heavy atom. The van der Waals surface area contributed by atoms with Crippen LogP contribution in [-0.4, -0.2) is 50.0 Å². The second-order valence-corrected chi connectivity index (χ2v) is 14.1. The summed E-state index contributed by atoms with van der Waals surface area (Å²) in [7, 11) is -1.33. The predicted octanol–water partition coefficient (Wildman–Crippen LogP) is 3.21. The van der Waals surface area contributed by atoms with E-state index >= 15 is 0 Å². The molecule has 3 N–H and O–H groups in total. The first-order valence-corrected chi connectivity index (χ1v) is 13.5. The van der Waals surface area contributed by atoms with Gasteiger partial charge in [0, 0.05) is 14.1 Å². The summed E-state index contributed by atoms with van der Waals surface area (Å²) in [6.07, 6.45) is -0.381. The molecule has 0 aromatic heterocycles. The molecule has 29 heavy (non-hydrogen) atoms. The van der Waals surface area contributed by atoms with E-state index in [1.54, 1.807) is 0 Å². The summed E-state index contributed by atoms with van der Waals surface area (Å²) < 4.78 is 10.3. The minimum atomic E-state index is -1.33. The van der Waals surface area contributed by atoms with Crippen LogP contribution in [0.15, 0.2) is 30.3 Å². The molecule has 2 rings (SSSR count). The zero-order chi connectivity index (χ0) is 21.4. The fourth-order valence-electron chi connectivity index (χ4n) is 2.76. The Balaban J connectivity index is 1.68. The van der Waals surface area contributed by atoms with E-state index in [1.807, 2.05) is 30.3 Å². The molecule has 1 aliphatic carbocycles. The summed E-state index contributed by atoms with van der Waals surface area (Å²) in [6, 6.07) is 8.95. The molecule has 0 radical (unpaired) electrons. The fraction of sp³-hybridized carbons (Fsp3) is 0.550. The van der Waals surface area contributed by atoms with Crippen molar-refractivity contribution in [3.8, 4) is 0 Å². The highest BCUT2D eigenvalue weighted by molar-refractivity contribution is 6.76. The third-order valence-electron chi connectivity index (χ3n) is 4.65. The number of ether oxygens (including phenoxy) is 2. The summed E-state index contributed by atoms with van der Waals surface area (Å²) in [5, 5.41) is 14.5. The van der Waals surface area contributed by atoms with Crippen LogP contribution in [0.1, 0.15) is 18.4 Å². The van der Waals surface area contributed by atoms with Crippen molar-refractivity contribution in [2.24, 2.45) is 5.92 Å². The van der Waals surface area contributed by atoms with Gasteiger partial charge in [0.25, 0.3) is 0 Å². The third kappa shape index (κ3) is 8.99. The summed E-state index contributed by atoms with van der Waals surface area (Å²) in [6.45, 7) is 6.96. The number of hydrogen-bond acceptors (Lipinski definition) is 5. The number of carbonyl (C=O) groups is 3. The topological polar surface area (TPSA) is 114 Å². The number of hydrogen-bond donors (Lipinski definition) is 3. The van der Waals surface area contributed by atoms with E-state index in [-0.39, 0.29) is 31.6 Å². The Hall–Kier alpha value is -2.55. The monoisotopic (exact) mass is 422 g/mol. The number of rotatable bonds is 10. The van der Waals surface area contributed by atoms with E-state index in [1.165, 1.54) is 0 Å². The molecule has 1 aromatic rings. The maximum absolute atomic E-state index is 11.9. The number of nitrogens with one attached hydrogen (secondary N) is 2. The molecule has 2 amide bonds. The van der Waals surface area contributed by atoms with Crippen LogP contribution >= 0.6 is 0 Å². The predicted molar refractivity (Wildman–Crippen MR) is 110 cm³/mol. The molecule has 8 nitrogen and oxygen atoms in total. The third-order valence-corrected chi connectivity index (χ3v) is 6.36. The van der Waals surface area contributed by atoms with Crippen LogP contribution in [0.5, 0.6) is 0 Å². The lowest BCUT2D eigenvalue weighted by Gasteiger charge is -2.17. The van der Waals surface area contributed by atoms with Crippen LogP contribution in [0.4, 0.5) is 9.59 Å². The molecule has 160 valence electrons. The molecular formula is C20H30N2O6Si. The van der Waals surface area contributed by atoms with E-state index in [4.69, 9.17) is 9.47 Å². The van der Waals surface area contributed by atoms with Gasteiger partial charge in [-0.3, -0.25) is 0 Å². The standard InChI is InChI=1S/C20H30N2O6Si/c1-29(2,3)10-9-27-19(25)22-17(18(23)24)12-15-11-16(15)21-20(26)28-13-14-7-5-4-6-8-14/h4-8,15-17H,9-13H2,1-3H3,(H,21,26)(H,22,25)(H,23,24)/t15-,16+,17-/m0/s1. The highest BCUT2D eigenvalue weighted by Crippen LogP contribution is 2.35. The largest absolute Gasteiger partial charge is 0.480 e. The van der Waals surface area contributed by atoms with E-state index < -0.39 is 32.3 Å². The van der Waals surface area contributed by atoms with E-state index in [2.05, 4.69) is 30.3 Å². The molecule has 0 spiro atoms. The fourth-order valence-corrected chi connectivity index (χ4v) is 3.47. The van der Waals surface area contributed by atoms with Gasteiger partial charge in [-0.05, 0) is 30.4 Å². The van der Waals surface area contributed by atoms with Gasteiger partial charge >= 0.3 is 18.2 Å². The lowest BCUT2D eigenvalue weighted by molar-refractivity contribution is -0.139. The van der Waals surface area contributed by atoms with Crippen molar-refractivity contribution in [1.82, 2.24) is 10.6 Å². The van der Waals surface area contributed by atoms with Crippen LogP contribution in [0.3, 0.4) is 0 Å². The second kappa shape index (κ2) is 10.3. The molecule has 1 fully saturated rings. The van der Waals surface area contributed by atoms with Gasteiger partial charge < -0.3 is 25.2 Å². The molecule has 0 unspecified atom stereocenters. The summed E-state index contributed by atoms with van der Waals surface area (Å²) in [5.41, 5.74) is 0.887. The molecule has 1 aliphatic rings. The number of carboxylic acids is 1. The summed E-state index contributed by atoms with van der Waals surface area (Å²) in [4.78, 5) is 35.2. The Bertz CT molecular complexity index is 707. The van der Waals surface area contributed by atoms with Crippen LogP contribution < -0.4 is 10.6 Å². The summed E-state index contributed by atoms with van der Waals surface area (Å²) >= 11 is 0. The smallest absolute Gasteiger partial charge is 0.407 e. The number of carbonyl (C=O) groups excluding carboxylic acids is 2. The Kier molecular flexibility index (Phi) is 8.07. The number of benzene rings is 1. The first kappa shape index (κ1) is 22.7. The highest BCUT2D eigenvalue weighted by atomic mass is 28.3. The maximum atomic E-state index is 11.9. The van der Waals surface area contributed by atoms with Crippen molar-refractivity contribution in [1.29, 1.82) is 0 Å². The average Bonchev–Trinajstić information content (AvgIpc) is 3.36. The van der Waals surface area contributed by atoms with Gasteiger partial charge in [0.2, 0.25) is 0 Å². The number of aliphatic carboxylic acids is 1. The summed E-state index contributed by atoms with van der Waals surface area (Å²) in [5.74, 6) is -1.15. The van der Waals surface area contributed by atoms with Crippen LogP contribution in [0, 0.1) is 5.92 Å². The number of alkyl carbamates (subject to hydrolysis) is 2. The molecule has 0 aliphatic heterocycles. The van der Waals surface area contributed by atoms with Crippen molar-refractivity contribution in [2.45, 2.75) is 57.2 Å². The van der Waals surface area contributed by atoms with Crippen LogP contribution in [0.2, 0.25) is 25.7 Å². The number of amides is 2. The Morgan fingerprint density at radius 2 is 1.83 bits per heavy atom. The molecular weight excluding hydrogens is 392 g/mol. The van der Waals surface area contributed by atoms with E-state index in [9.17, 15) is 19.5 Å². The molecule has 1 saturated carbocycles. The maximum Gasteiger partial charge on any atom is 0.407 e. The molecule has 3 atom stereocenters. The van der Waals surface area contributed by atoms with Gasteiger partial charge in [0.15, 0.2) is 0 Å². The van der Waals surface area contributed by atoms with Crippen molar-refractivity contribution in [3.63, 3.8) is 0 Å². The van der Waals surface area contributed by atoms with Gasteiger partial charge in [-0.25, -0.2) is 14.4 Å². The first-order chi connectivity index (χ1) is 13.6. The zero-order valence-corrected chi connectivity index (χ0v) is 18.1. The van der Waals surface area contributed by atoms with Gasteiger partial charge in [0.05, 0.1) is 6.61 Å². The van der Waals surface area contributed by atoms with Gasteiger partial charge in [-0.15, -0.1) is 0 Å². The average molecular weight is 423 g/mol. The molecule has 0 bridgehead atoms. The zero-order valence-electron chi connectivity index (χ0n) is 17.1. The minimum absolute atomic E-state index is 0.0253. The lowest BCUT2D eigenvalue weighted by atomic mass is 10.1. The second-order valence-electron chi connectivity index (χ2n) is 8.53. The van der Waals surface area contributed by atoms with Gasteiger partial charge in [0.1, 0.15) is 12.6 Å². The molecule has 0 saturated heterocycles. The SMILES string of the molecule is C[Si](C)(C)CCOC(=O)N[C@@H](C[C@@H]1C[C@H]1NC(=O)OCc1ccccc1)C(=O)O. The van der Waals surface area contributed by atoms with Crippen molar-refractivity contribution >= 4 is 26.2 Å². The van der Waals surface area contributed by atoms with Crippen molar-refractivity contribution in [2.75, 3.05) is 6.61 Å². The van der Waals surface area contributed by atoms with E-state index in [0.29, 0.717) is 6.42 Å². The van der Waals surface area contributed by atoms with Crippen LogP contribution in [-0.2, 0) is 20.9 Å². The van der Waals surface area contributed by atoms with Crippen LogP contribution in [0.25, 0.3) is 0 Å². The molecule has 1 aromatic carbocycles. The first-order valence-electron chi connectivity index (χ1n) is 9.77. The minimum Gasteiger partial charge on any atom is -0.480 e. The van der Waals surface area contributed by atoms with Gasteiger partial charge in [-0.1, -0.05) is 50.0 Å². The van der Waals surface area contributed by atoms with Gasteiger partial charge in [-0.2, -0.15) is 0 Å². The van der Waals surface area contributed by atoms with E-state index in [0.717, 1.165) is 11.6 Å². The highest BCUT2D eigenvalue weighted by Gasteiger charge is 2.42. The number of carboxylic acid groups (broad SMARTS) is 1. The molecule has 9 heteroatoms. The Morgan fingerprint density at radius 1 is 1.14 bits per heavy atom. The molecule has 0 heterocycles. The Labute approximate surface area is 172 Å². The normalized spacial score (nSPS) is 19.0. The van der Waals surface area contributed by atoms with Crippen molar-refractivity contribution < 1.29 is 29.0 Å². The quantitative estimate of drug-likeness (QED) is 0.499. The van der Waals surface area contributed by atoms with Crippen molar-refractivity contribution in [3.05, 3.63) is 35.9 Å².